The molecule has 0 spiro atoms. The number of benzene rings is 2. The van der Waals surface area contributed by atoms with Crippen molar-refractivity contribution in [3.63, 3.8) is 0 Å². The number of carbonyl (C=O) groups is 2. The van der Waals surface area contributed by atoms with Gasteiger partial charge in [-0.2, -0.15) is 5.10 Å². The predicted octanol–water partition coefficient (Wildman–Crippen LogP) is 4.34. The minimum atomic E-state index is -0.674. The third-order valence-electron chi connectivity index (χ3n) is 6.58. The summed E-state index contributed by atoms with van der Waals surface area (Å²) in [5.41, 5.74) is 10.0. The van der Waals surface area contributed by atoms with E-state index in [9.17, 15) is 9.59 Å². The summed E-state index contributed by atoms with van der Waals surface area (Å²) in [6, 6.07) is 13.0. The van der Waals surface area contributed by atoms with Gasteiger partial charge in [-0.25, -0.2) is 4.68 Å². The highest BCUT2D eigenvalue weighted by molar-refractivity contribution is 6.32. The van der Waals surface area contributed by atoms with Crippen LogP contribution in [0.4, 0.5) is 11.4 Å². The average Bonchev–Trinajstić information content (AvgIpc) is 3.26. The SMILES string of the molecule is C=C1CCCCN1c1ccc(N2CCc3c(C(N)=O)nn(-c4ccc(OC)c(Cl)c4)c3C2=O)cc1. The van der Waals surface area contributed by atoms with E-state index < -0.39 is 5.91 Å². The summed E-state index contributed by atoms with van der Waals surface area (Å²) in [7, 11) is 1.52. The number of carbonyl (C=O) groups excluding carboxylic acids is 2. The third-order valence-corrected chi connectivity index (χ3v) is 6.88. The van der Waals surface area contributed by atoms with Crippen LogP contribution in [0.2, 0.25) is 5.02 Å². The Balaban J connectivity index is 1.51. The summed E-state index contributed by atoms with van der Waals surface area (Å²) < 4.78 is 6.67. The van der Waals surface area contributed by atoms with Crippen LogP contribution >= 0.6 is 11.6 Å². The second kappa shape index (κ2) is 9.11. The number of amides is 2. The topological polar surface area (TPSA) is 93.7 Å². The molecule has 0 atom stereocenters. The summed E-state index contributed by atoms with van der Waals surface area (Å²) in [5, 5.41) is 4.76. The van der Waals surface area contributed by atoms with Crippen LogP contribution < -0.4 is 20.3 Å². The van der Waals surface area contributed by atoms with Gasteiger partial charge in [0, 0.05) is 35.7 Å². The number of methoxy groups -OCH3 is 1. The molecule has 9 heteroatoms. The lowest BCUT2D eigenvalue weighted by molar-refractivity contribution is 0.0972. The minimum absolute atomic E-state index is 0.0962. The van der Waals surface area contributed by atoms with Gasteiger partial charge in [0.15, 0.2) is 5.69 Å². The van der Waals surface area contributed by atoms with Crippen LogP contribution in [-0.4, -0.2) is 41.8 Å². The molecule has 2 aliphatic rings. The van der Waals surface area contributed by atoms with Gasteiger partial charge in [0.25, 0.3) is 11.8 Å². The van der Waals surface area contributed by atoms with Gasteiger partial charge in [-0.15, -0.1) is 0 Å². The Labute approximate surface area is 208 Å². The smallest absolute Gasteiger partial charge is 0.277 e. The van der Waals surface area contributed by atoms with Crippen LogP contribution in [0.25, 0.3) is 5.69 Å². The van der Waals surface area contributed by atoms with Gasteiger partial charge in [0.2, 0.25) is 0 Å². The summed E-state index contributed by atoms with van der Waals surface area (Å²) in [4.78, 5) is 29.8. The van der Waals surface area contributed by atoms with Gasteiger partial charge in [-0.05, 0) is 68.1 Å². The molecule has 180 valence electrons. The van der Waals surface area contributed by atoms with E-state index in [4.69, 9.17) is 22.1 Å². The van der Waals surface area contributed by atoms with Crippen molar-refractivity contribution in [2.75, 3.05) is 30.0 Å². The number of rotatable bonds is 5. The van der Waals surface area contributed by atoms with Crippen molar-refractivity contribution in [2.45, 2.75) is 25.7 Å². The number of ether oxygens (including phenoxy) is 1. The molecule has 8 nitrogen and oxygen atoms in total. The van der Waals surface area contributed by atoms with E-state index in [2.05, 4.69) is 16.6 Å². The Morgan fingerprint density at radius 2 is 1.71 bits per heavy atom. The molecule has 3 heterocycles. The van der Waals surface area contributed by atoms with Crippen molar-refractivity contribution in [1.29, 1.82) is 0 Å². The van der Waals surface area contributed by atoms with Gasteiger partial charge in [0.1, 0.15) is 11.4 Å². The number of hydrogen-bond donors (Lipinski definition) is 1. The highest BCUT2D eigenvalue weighted by atomic mass is 35.5. The molecule has 1 aromatic heterocycles. The number of anilines is 2. The largest absolute Gasteiger partial charge is 0.495 e. The fourth-order valence-electron chi connectivity index (χ4n) is 4.79. The molecule has 0 bridgehead atoms. The number of nitrogens with two attached hydrogens (primary N) is 1. The first-order valence-electron chi connectivity index (χ1n) is 11.5. The highest BCUT2D eigenvalue weighted by Gasteiger charge is 2.34. The van der Waals surface area contributed by atoms with E-state index in [-0.39, 0.29) is 11.6 Å². The number of hydrogen-bond acceptors (Lipinski definition) is 5. The van der Waals surface area contributed by atoms with E-state index in [0.29, 0.717) is 40.7 Å². The monoisotopic (exact) mass is 491 g/mol. The molecular formula is C26H26ClN5O3. The first-order valence-corrected chi connectivity index (χ1v) is 11.9. The Kier molecular flexibility index (Phi) is 5.98. The quantitative estimate of drug-likeness (QED) is 0.573. The summed E-state index contributed by atoms with van der Waals surface area (Å²) in [6.45, 7) is 5.55. The number of piperidine rings is 1. The summed E-state index contributed by atoms with van der Waals surface area (Å²) >= 11 is 6.32. The molecule has 1 fully saturated rings. The van der Waals surface area contributed by atoms with E-state index in [1.807, 2.05) is 24.3 Å². The molecule has 0 unspecified atom stereocenters. The molecule has 0 radical (unpaired) electrons. The van der Waals surface area contributed by atoms with Crippen LogP contribution in [0.1, 0.15) is 45.8 Å². The van der Waals surface area contributed by atoms with Crippen molar-refractivity contribution in [3.05, 3.63) is 76.7 Å². The zero-order valence-electron chi connectivity index (χ0n) is 19.5. The summed E-state index contributed by atoms with van der Waals surface area (Å²) in [6.07, 6.45) is 3.75. The molecule has 1 saturated heterocycles. The Morgan fingerprint density at radius 3 is 2.34 bits per heavy atom. The van der Waals surface area contributed by atoms with Crippen molar-refractivity contribution in [1.82, 2.24) is 9.78 Å². The molecule has 0 saturated carbocycles. The van der Waals surface area contributed by atoms with Crippen LogP contribution in [0, 0.1) is 0 Å². The van der Waals surface area contributed by atoms with Gasteiger partial charge < -0.3 is 20.3 Å². The highest BCUT2D eigenvalue weighted by Crippen LogP contribution is 2.33. The zero-order chi connectivity index (χ0) is 24.7. The maximum Gasteiger partial charge on any atom is 0.277 e. The normalized spacial score (nSPS) is 15.8. The Morgan fingerprint density at radius 1 is 1.03 bits per heavy atom. The van der Waals surface area contributed by atoms with E-state index in [1.54, 1.807) is 23.1 Å². The first kappa shape index (κ1) is 23.0. The molecule has 2 aliphatic heterocycles. The Hall–Kier alpha value is -3.78. The number of nitrogens with zero attached hydrogens (tertiary/aromatic N) is 4. The second-order valence-electron chi connectivity index (χ2n) is 8.67. The Bertz CT molecular complexity index is 1330. The van der Waals surface area contributed by atoms with Gasteiger partial charge in [-0.3, -0.25) is 9.59 Å². The van der Waals surface area contributed by atoms with E-state index in [0.717, 1.165) is 36.5 Å². The summed E-state index contributed by atoms with van der Waals surface area (Å²) in [5.74, 6) is -0.434. The lowest BCUT2D eigenvalue weighted by Gasteiger charge is -2.32. The molecular weight excluding hydrogens is 466 g/mol. The van der Waals surface area contributed by atoms with Crippen LogP contribution in [0.5, 0.6) is 5.75 Å². The zero-order valence-corrected chi connectivity index (χ0v) is 20.2. The molecule has 5 rings (SSSR count). The number of halogens is 1. The fraction of sp³-hybridized carbons (Fsp3) is 0.269. The van der Waals surface area contributed by atoms with E-state index in [1.165, 1.54) is 18.2 Å². The number of aromatic nitrogens is 2. The van der Waals surface area contributed by atoms with Gasteiger partial charge in [-0.1, -0.05) is 18.2 Å². The minimum Gasteiger partial charge on any atom is -0.495 e. The molecule has 35 heavy (non-hydrogen) atoms. The predicted molar refractivity (Wildman–Crippen MR) is 136 cm³/mol. The number of primary amides is 1. The standard InChI is InChI=1S/C26H26ClN5O3/c1-16-5-3-4-13-30(16)17-6-8-18(9-7-17)31-14-12-20-23(25(28)33)29-32(24(20)26(31)34)19-10-11-22(35-2)21(27)15-19/h6-11,15H,1,3-5,12-14H2,2H3,(H2,28,33). The van der Waals surface area contributed by atoms with Gasteiger partial charge in [0.05, 0.1) is 17.8 Å². The molecule has 3 aromatic rings. The lowest BCUT2D eigenvalue weighted by atomic mass is 10.0. The third kappa shape index (κ3) is 4.04. The first-order chi connectivity index (χ1) is 16.9. The van der Waals surface area contributed by atoms with Crippen molar-refractivity contribution in [3.8, 4) is 11.4 Å². The van der Waals surface area contributed by atoms with Crippen molar-refractivity contribution in [2.24, 2.45) is 5.73 Å². The van der Waals surface area contributed by atoms with Crippen molar-refractivity contribution >= 4 is 34.8 Å². The average molecular weight is 492 g/mol. The lowest BCUT2D eigenvalue weighted by Crippen LogP contribution is -2.39. The fourth-order valence-corrected chi connectivity index (χ4v) is 5.05. The molecule has 2 N–H and O–H groups in total. The van der Waals surface area contributed by atoms with Crippen molar-refractivity contribution < 1.29 is 14.3 Å². The van der Waals surface area contributed by atoms with Crippen LogP contribution in [-0.2, 0) is 6.42 Å². The number of allylic oxidation sites excluding steroid dienone is 1. The maximum atomic E-state index is 13.7. The molecule has 2 amide bonds. The van der Waals surface area contributed by atoms with Gasteiger partial charge >= 0.3 is 0 Å². The molecule has 2 aromatic carbocycles. The number of fused-ring (bicyclic) bond motifs is 1. The second-order valence-corrected chi connectivity index (χ2v) is 9.08. The molecule has 0 aliphatic carbocycles. The van der Waals surface area contributed by atoms with Crippen LogP contribution in [0.15, 0.2) is 54.7 Å². The van der Waals surface area contributed by atoms with E-state index >= 15 is 0 Å². The van der Waals surface area contributed by atoms with Crippen LogP contribution in [0.3, 0.4) is 0 Å². The maximum absolute atomic E-state index is 13.7.